The fourth-order valence-electron chi connectivity index (χ4n) is 2.03. The summed E-state index contributed by atoms with van der Waals surface area (Å²) in [6.07, 6.45) is 0. The van der Waals surface area contributed by atoms with E-state index in [1.165, 1.54) is 0 Å². The molecule has 0 amide bonds. The second-order valence-electron chi connectivity index (χ2n) is 4.07. The van der Waals surface area contributed by atoms with Crippen LogP contribution in [0.4, 0.5) is 8.78 Å². The molecular formula is C12H12F2O2. The van der Waals surface area contributed by atoms with Crippen LogP contribution in [0.1, 0.15) is 17.0 Å². The van der Waals surface area contributed by atoms with Gasteiger partial charge in [-0.05, 0) is 12.5 Å². The van der Waals surface area contributed by atoms with Gasteiger partial charge in [0.25, 0.3) is 5.92 Å². The van der Waals surface area contributed by atoms with Crippen LogP contribution in [0.15, 0.2) is 24.3 Å². The Morgan fingerprint density at radius 3 is 2.69 bits per heavy atom. The van der Waals surface area contributed by atoms with Gasteiger partial charge in [-0.3, -0.25) is 4.79 Å². The first-order chi connectivity index (χ1) is 7.48. The van der Waals surface area contributed by atoms with Crippen LogP contribution in [-0.4, -0.2) is 19.0 Å². The van der Waals surface area contributed by atoms with Crippen molar-refractivity contribution in [2.24, 2.45) is 5.92 Å². The summed E-state index contributed by atoms with van der Waals surface area (Å²) >= 11 is 0. The SMILES string of the molecule is COC(=O)[C@@H]1[C@H](c2cccc(C)c2)C1(F)F. The number of esters is 1. The molecule has 0 saturated heterocycles. The molecule has 0 unspecified atom stereocenters. The largest absolute Gasteiger partial charge is 0.469 e. The number of hydrogen-bond donors (Lipinski definition) is 0. The van der Waals surface area contributed by atoms with E-state index in [2.05, 4.69) is 4.74 Å². The van der Waals surface area contributed by atoms with Gasteiger partial charge in [-0.25, -0.2) is 8.78 Å². The monoisotopic (exact) mass is 226 g/mol. The number of halogens is 2. The number of benzene rings is 1. The van der Waals surface area contributed by atoms with E-state index in [1.807, 2.05) is 13.0 Å². The predicted octanol–water partition coefficient (Wildman–Crippen LogP) is 2.52. The second-order valence-corrected chi connectivity index (χ2v) is 4.07. The summed E-state index contributed by atoms with van der Waals surface area (Å²) in [5.41, 5.74) is 1.41. The minimum atomic E-state index is -2.97. The molecule has 2 nitrogen and oxygen atoms in total. The maximum atomic E-state index is 13.4. The van der Waals surface area contributed by atoms with Crippen molar-refractivity contribution in [3.05, 3.63) is 35.4 Å². The number of aryl methyl sites for hydroxylation is 1. The molecule has 2 atom stereocenters. The van der Waals surface area contributed by atoms with E-state index >= 15 is 0 Å². The standard InChI is InChI=1S/C12H12F2O2/c1-7-4-3-5-8(6-7)9-10(11(15)16-2)12(9,13)14/h3-6,9-10H,1-2H3/t9-,10-/m0/s1. The molecule has 1 aliphatic rings. The van der Waals surface area contributed by atoms with Gasteiger partial charge < -0.3 is 4.74 Å². The molecule has 0 radical (unpaired) electrons. The number of ether oxygens (including phenoxy) is 1. The summed E-state index contributed by atoms with van der Waals surface area (Å²) < 4.78 is 31.2. The first-order valence-corrected chi connectivity index (χ1v) is 5.00. The average Bonchev–Trinajstić information content (AvgIpc) is 2.80. The Morgan fingerprint density at radius 1 is 1.44 bits per heavy atom. The summed E-state index contributed by atoms with van der Waals surface area (Å²) in [5.74, 6) is -6.16. The third-order valence-electron chi connectivity index (χ3n) is 2.91. The van der Waals surface area contributed by atoms with Crippen LogP contribution in [0.25, 0.3) is 0 Å². The Morgan fingerprint density at radius 2 is 2.12 bits per heavy atom. The molecule has 1 aromatic rings. The van der Waals surface area contributed by atoms with Gasteiger partial charge in [0.1, 0.15) is 5.92 Å². The van der Waals surface area contributed by atoms with Crippen molar-refractivity contribution in [2.45, 2.75) is 18.8 Å². The van der Waals surface area contributed by atoms with Gasteiger partial charge in [-0.1, -0.05) is 29.8 Å². The fourth-order valence-corrected chi connectivity index (χ4v) is 2.03. The Balaban J connectivity index is 2.27. The third-order valence-corrected chi connectivity index (χ3v) is 2.91. The van der Waals surface area contributed by atoms with Crippen LogP contribution >= 0.6 is 0 Å². The number of alkyl halides is 2. The van der Waals surface area contributed by atoms with Crippen LogP contribution in [0.2, 0.25) is 0 Å². The van der Waals surface area contributed by atoms with Crippen molar-refractivity contribution in [3.8, 4) is 0 Å². The van der Waals surface area contributed by atoms with Gasteiger partial charge in [-0.2, -0.15) is 0 Å². The van der Waals surface area contributed by atoms with E-state index in [-0.39, 0.29) is 0 Å². The van der Waals surface area contributed by atoms with E-state index < -0.39 is 23.7 Å². The molecule has 0 N–H and O–H groups in total. The molecule has 86 valence electrons. The normalized spacial score (nSPS) is 26.2. The second kappa shape index (κ2) is 3.54. The number of methoxy groups -OCH3 is 1. The van der Waals surface area contributed by atoms with Gasteiger partial charge in [0.15, 0.2) is 0 Å². The zero-order chi connectivity index (χ0) is 11.9. The van der Waals surface area contributed by atoms with Gasteiger partial charge in [0, 0.05) is 0 Å². The lowest BCUT2D eigenvalue weighted by molar-refractivity contribution is -0.144. The highest BCUT2D eigenvalue weighted by Gasteiger charge is 2.73. The van der Waals surface area contributed by atoms with Crippen LogP contribution in [0, 0.1) is 12.8 Å². The van der Waals surface area contributed by atoms with E-state index in [0.29, 0.717) is 5.56 Å². The molecule has 0 aliphatic heterocycles. The fraction of sp³-hybridized carbons (Fsp3) is 0.417. The molecule has 2 rings (SSSR count). The summed E-state index contributed by atoms with van der Waals surface area (Å²) in [5, 5.41) is 0. The maximum Gasteiger partial charge on any atom is 0.315 e. The highest BCUT2D eigenvalue weighted by Crippen LogP contribution is 2.61. The number of rotatable bonds is 2. The minimum absolute atomic E-state index is 0.500. The minimum Gasteiger partial charge on any atom is -0.469 e. The topological polar surface area (TPSA) is 26.3 Å². The number of carbonyl (C=O) groups excluding carboxylic acids is 1. The number of carbonyl (C=O) groups is 1. The van der Waals surface area contributed by atoms with Gasteiger partial charge >= 0.3 is 5.97 Å². The molecule has 1 aliphatic carbocycles. The van der Waals surface area contributed by atoms with Crippen LogP contribution in [0.5, 0.6) is 0 Å². The molecule has 0 spiro atoms. The molecule has 0 aromatic heterocycles. The molecule has 16 heavy (non-hydrogen) atoms. The van der Waals surface area contributed by atoms with Crippen molar-refractivity contribution in [1.29, 1.82) is 0 Å². The van der Waals surface area contributed by atoms with Crippen molar-refractivity contribution < 1.29 is 18.3 Å². The van der Waals surface area contributed by atoms with Crippen molar-refractivity contribution in [1.82, 2.24) is 0 Å². The van der Waals surface area contributed by atoms with Crippen LogP contribution in [0.3, 0.4) is 0 Å². The first kappa shape index (κ1) is 11.0. The lowest BCUT2D eigenvalue weighted by atomic mass is 10.1. The first-order valence-electron chi connectivity index (χ1n) is 5.00. The molecule has 1 saturated carbocycles. The Bertz CT molecular complexity index is 429. The molecule has 1 fully saturated rings. The third kappa shape index (κ3) is 1.58. The van der Waals surface area contributed by atoms with Gasteiger partial charge in [-0.15, -0.1) is 0 Å². The zero-order valence-electron chi connectivity index (χ0n) is 9.04. The van der Waals surface area contributed by atoms with E-state index in [9.17, 15) is 13.6 Å². The summed E-state index contributed by atoms with van der Waals surface area (Å²) in [7, 11) is 1.13. The molecule has 0 bridgehead atoms. The van der Waals surface area contributed by atoms with Crippen LogP contribution < -0.4 is 0 Å². The quantitative estimate of drug-likeness (QED) is 0.724. The molecular weight excluding hydrogens is 214 g/mol. The van der Waals surface area contributed by atoms with E-state index in [1.54, 1.807) is 18.2 Å². The van der Waals surface area contributed by atoms with E-state index in [0.717, 1.165) is 12.7 Å². The lowest BCUT2D eigenvalue weighted by Crippen LogP contribution is -2.08. The smallest absolute Gasteiger partial charge is 0.315 e. The Kier molecular flexibility index (Phi) is 2.45. The highest BCUT2D eigenvalue weighted by atomic mass is 19.3. The van der Waals surface area contributed by atoms with Crippen molar-refractivity contribution >= 4 is 5.97 Å². The highest BCUT2D eigenvalue weighted by molar-refractivity contribution is 5.80. The molecule has 0 heterocycles. The number of hydrogen-bond acceptors (Lipinski definition) is 2. The van der Waals surface area contributed by atoms with Gasteiger partial charge in [0.05, 0.1) is 13.0 Å². The predicted molar refractivity (Wildman–Crippen MR) is 54.4 cm³/mol. The van der Waals surface area contributed by atoms with E-state index in [4.69, 9.17) is 0 Å². The molecule has 4 heteroatoms. The molecule has 1 aromatic carbocycles. The summed E-state index contributed by atoms with van der Waals surface area (Å²) in [6, 6.07) is 6.85. The van der Waals surface area contributed by atoms with Crippen molar-refractivity contribution in [3.63, 3.8) is 0 Å². The van der Waals surface area contributed by atoms with Crippen LogP contribution in [-0.2, 0) is 9.53 Å². The average molecular weight is 226 g/mol. The summed E-state index contributed by atoms with van der Waals surface area (Å²) in [6.45, 7) is 1.83. The van der Waals surface area contributed by atoms with Crippen molar-refractivity contribution in [2.75, 3.05) is 7.11 Å². The zero-order valence-corrected chi connectivity index (χ0v) is 9.04. The maximum absolute atomic E-state index is 13.4. The van der Waals surface area contributed by atoms with Gasteiger partial charge in [0.2, 0.25) is 0 Å². The Hall–Kier alpha value is -1.45. The lowest BCUT2D eigenvalue weighted by Gasteiger charge is -1.99. The summed E-state index contributed by atoms with van der Waals surface area (Å²) in [4.78, 5) is 11.2. The Labute approximate surface area is 92.2 Å².